The third-order valence-electron chi connectivity index (χ3n) is 2.26. The smallest absolute Gasteiger partial charge is 0.0593 e. The van der Waals surface area contributed by atoms with Crippen LogP contribution in [0.4, 0.5) is 0 Å². The number of nitrogens with zero attached hydrogens (tertiary/aromatic N) is 2. The van der Waals surface area contributed by atoms with Crippen LogP contribution < -0.4 is 5.73 Å². The number of aromatic nitrogens is 2. The average molecular weight is 181 g/mol. The van der Waals surface area contributed by atoms with Gasteiger partial charge < -0.3 is 5.73 Å². The van der Waals surface area contributed by atoms with Gasteiger partial charge in [-0.25, -0.2) is 0 Å². The lowest BCUT2D eigenvalue weighted by atomic mass is 10.1. The fraction of sp³-hybridized carbons (Fsp3) is 0.700. The van der Waals surface area contributed by atoms with Crippen molar-refractivity contribution in [2.45, 2.75) is 45.7 Å². The van der Waals surface area contributed by atoms with E-state index in [1.54, 1.807) is 0 Å². The molecule has 2 N–H and O–H groups in total. The normalized spacial score (nSPS) is 13.2. The van der Waals surface area contributed by atoms with Crippen LogP contribution in [0.5, 0.6) is 0 Å². The first-order valence-corrected chi connectivity index (χ1v) is 4.98. The van der Waals surface area contributed by atoms with Crippen LogP contribution in [0.1, 0.15) is 31.9 Å². The van der Waals surface area contributed by atoms with Gasteiger partial charge in [0.15, 0.2) is 0 Å². The third-order valence-corrected chi connectivity index (χ3v) is 2.26. The second-order valence-corrected chi connectivity index (χ2v) is 3.53. The van der Waals surface area contributed by atoms with Gasteiger partial charge in [-0.2, -0.15) is 5.10 Å². The van der Waals surface area contributed by atoms with E-state index in [4.69, 9.17) is 5.73 Å². The van der Waals surface area contributed by atoms with E-state index >= 15 is 0 Å². The minimum absolute atomic E-state index is 0.358. The van der Waals surface area contributed by atoms with Gasteiger partial charge in [-0.15, -0.1) is 0 Å². The highest BCUT2D eigenvalue weighted by molar-refractivity contribution is 4.94. The minimum Gasteiger partial charge on any atom is -0.328 e. The van der Waals surface area contributed by atoms with Gasteiger partial charge in [-0.3, -0.25) is 4.68 Å². The SMILES string of the molecule is CCC(N)CCCn1ccc(C)n1. The van der Waals surface area contributed by atoms with E-state index in [2.05, 4.69) is 12.0 Å². The molecule has 13 heavy (non-hydrogen) atoms. The molecule has 1 heterocycles. The van der Waals surface area contributed by atoms with Gasteiger partial charge in [0.2, 0.25) is 0 Å². The largest absolute Gasteiger partial charge is 0.328 e. The molecule has 1 aromatic rings. The van der Waals surface area contributed by atoms with Crippen molar-refractivity contribution >= 4 is 0 Å². The van der Waals surface area contributed by atoms with Crippen LogP contribution in [0.15, 0.2) is 12.3 Å². The minimum atomic E-state index is 0.358. The quantitative estimate of drug-likeness (QED) is 0.751. The Balaban J connectivity index is 2.20. The highest BCUT2D eigenvalue weighted by atomic mass is 15.3. The Labute approximate surface area is 79.9 Å². The second-order valence-electron chi connectivity index (χ2n) is 3.53. The van der Waals surface area contributed by atoms with Crippen molar-refractivity contribution in [3.63, 3.8) is 0 Å². The summed E-state index contributed by atoms with van der Waals surface area (Å²) < 4.78 is 1.98. The van der Waals surface area contributed by atoms with E-state index in [1.165, 1.54) is 0 Å². The molecular formula is C10H19N3. The molecule has 1 rings (SSSR count). The van der Waals surface area contributed by atoms with E-state index in [9.17, 15) is 0 Å². The summed E-state index contributed by atoms with van der Waals surface area (Å²) in [6, 6.07) is 2.39. The maximum atomic E-state index is 5.81. The summed E-state index contributed by atoms with van der Waals surface area (Å²) in [6.07, 6.45) is 5.30. The Kier molecular flexibility index (Phi) is 3.96. The van der Waals surface area contributed by atoms with Crippen molar-refractivity contribution in [2.75, 3.05) is 0 Å². The van der Waals surface area contributed by atoms with Gasteiger partial charge in [-0.1, -0.05) is 6.92 Å². The number of hydrogen-bond acceptors (Lipinski definition) is 2. The van der Waals surface area contributed by atoms with Crippen molar-refractivity contribution in [3.05, 3.63) is 18.0 Å². The summed E-state index contributed by atoms with van der Waals surface area (Å²) in [6.45, 7) is 5.12. The first-order valence-electron chi connectivity index (χ1n) is 4.98. The molecule has 0 saturated carbocycles. The molecular weight excluding hydrogens is 162 g/mol. The molecule has 0 spiro atoms. The first-order chi connectivity index (χ1) is 6.22. The number of nitrogens with two attached hydrogens (primary N) is 1. The van der Waals surface area contributed by atoms with E-state index in [-0.39, 0.29) is 0 Å². The maximum Gasteiger partial charge on any atom is 0.0593 e. The number of hydrogen-bond donors (Lipinski definition) is 1. The average Bonchev–Trinajstić information content (AvgIpc) is 2.51. The van der Waals surface area contributed by atoms with Crippen LogP contribution in [-0.4, -0.2) is 15.8 Å². The molecule has 1 atom stereocenters. The molecule has 1 unspecified atom stereocenters. The van der Waals surface area contributed by atoms with Gasteiger partial charge in [0.05, 0.1) is 5.69 Å². The Bertz CT molecular complexity index is 242. The van der Waals surface area contributed by atoms with Crippen LogP contribution in [0.2, 0.25) is 0 Å². The molecule has 0 aliphatic carbocycles. The van der Waals surface area contributed by atoms with Crippen LogP contribution in [0.3, 0.4) is 0 Å². The van der Waals surface area contributed by atoms with E-state index in [1.807, 2.05) is 23.9 Å². The number of aryl methyl sites for hydroxylation is 2. The molecule has 0 saturated heterocycles. The van der Waals surface area contributed by atoms with Crippen molar-refractivity contribution < 1.29 is 0 Å². The zero-order chi connectivity index (χ0) is 9.68. The molecule has 0 aliphatic rings. The Hall–Kier alpha value is -0.830. The summed E-state index contributed by atoms with van der Waals surface area (Å²) in [7, 11) is 0. The molecule has 3 heteroatoms. The summed E-state index contributed by atoms with van der Waals surface area (Å²) in [5.74, 6) is 0. The molecule has 0 fully saturated rings. The summed E-state index contributed by atoms with van der Waals surface area (Å²) in [4.78, 5) is 0. The summed E-state index contributed by atoms with van der Waals surface area (Å²) in [5, 5.41) is 4.31. The molecule has 1 aromatic heterocycles. The van der Waals surface area contributed by atoms with E-state index < -0.39 is 0 Å². The van der Waals surface area contributed by atoms with Crippen LogP contribution in [0, 0.1) is 6.92 Å². The molecule has 74 valence electrons. The zero-order valence-electron chi connectivity index (χ0n) is 8.53. The van der Waals surface area contributed by atoms with Crippen molar-refractivity contribution in [2.24, 2.45) is 5.73 Å². The van der Waals surface area contributed by atoms with Crippen molar-refractivity contribution in [1.82, 2.24) is 9.78 Å². The Morgan fingerprint density at radius 3 is 2.92 bits per heavy atom. The molecule has 3 nitrogen and oxygen atoms in total. The topological polar surface area (TPSA) is 43.8 Å². The summed E-state index contributed by atoms with van der Waals surface area (Å²) in [5.41, 5.74) is 6.90. The van der Waals surface area contributed by atoms with Crippen molar-refractivity contribution in [3.8, 4) is 0 Å². The second kappa shape index (κ2) is 5.02. The lowest BCUT2D eigenvalue weighted by Gasteiger charge is -2.07. The molecule has 0 aliphatic heterocycles. The molecule has 0 amide bonds. The van der Waals surface area contributed by atoms with Crippen molar-refractivity contribution in [1.29, 1.82) is 0 Å². The number of rotatable bonds is 5. The maximum absolute atomic E-state index is 5.81. The van der Waals surface area contributed by atoms with E-state index in [0.717, 1.165) is 31.5 Å². The fourth-order valence-corrected chi connectivity index (χ4v) is 1.31. The monoisotopic (exact) mass is 181 g/mol. The fourth-order valence-electron chi connectivity index (χ4n) is 1.31. The van der Waals surface area contributed by atoms with Gasteiger partial charge in [0, 0.05) is 18.8 Å². The first kappa shape index (κ1) is 10.3. The molecule has 0 aromatic carbocycles. The van der Waals surface area contributed by atoms with Gasteiger partial charge in [0.25, 0.3) is 0 Å². The predicted octanol–water partition coefficient (Wildman–Crippen LogP) is 1.71. The van der Waals surface area contributed by atoms with Gasteiger partial charge >= 0.3 is 0 Å². The van der Waals surface area contributed by atoms with Crippen LogP contribution in [0.25, 0.3) is 0 Å². The Morgan fingerprint density at radius 1 is 1.62 bits per heavy atom. The summed E-state index contributed by atoms with van der Waals surface area (Å²) >= 11 is 0. The Morgan fingerprint density at radius 2 is 2.38 bits per heavy atom. The molecule has 0 bridgehead atoms. The van der Waals surface area contributed by atoms with Gasteiger partial charge in [0.1, 0.15) is 0 Å². The highest BCUT2D eigenvalue weighted by Crippen LogP contribution is 2.01. The zero-order valence-corrected chi connectivity index (χ0v) is 8.53. The predicted molar refractivity (Wildman–Crippen MR) is 54.5 cm³/mol. The lowest BCUT2D eigenvalue weighted by molar-refractivity contribution is 0.500. The highest BCUT2D eigenvalue weighted by Gasteiger charge is 1.99. The van der Waals surface area contributed by atoms with Crippen LogP contribution in [-0.2, 0) is 6.54 Å². The molecule has 0 radical (unpaired) electrons. The van der Waals surface area contributed by atoms with Crippen LogP contribution >= 0.6 is 0 Å². The lowest BCUT2D eigenvalue weighted by Crippen LogP contribution is -2.18. The standard InChI is InChI=1S/C10H19N3/c1-3-10(11)5-4-7-13-8-6-9(2)12-13/h6,8,10H,3-5,7,11H2,1-2H3. The van der Waals surface area contributed by atoms with E-state index in [0.29, 0.717) is 6.04 Å². The van der Waals surface area contributed by atoms with Gasteiger partial charge in [-0.05, 0) is 32.3 Å². The third kappa shape index (κ3) is 3.59.